The molecule has 41 heavy (non-hydrogen) atoms. The Bertz CT molecular complexity index is 1240. The first kappa shape index (κ1) is 30.2. The molecule has 0 radical (unpaired) electrons. The molecule has 218 valence electrons. The highest BCUT2D eigenvalue weighted by Crippen LogP contribution is 2.26. The average Bonchev–Trinajstić information content (AvgIpc) is 2.99. The Morgan fingerprint density at radius 2 is 1.61 bits per heavy atom. The van der Waals surface area contributed by atoms with Gasteiger partial charge in [0.2, 0.25) is 5.91 Å². The molecule has 0 saturated carbocycles. The van der Waals surface area contributed by atoms with Crippen molar-refractivity contribution in [3.05, 3.63) is 96.1 Å². The van der Waals surface area contributed by atoms with Gasteiger partial charge in [0.15, 0.2) is 12.2 Å². The number of nitrogens with zero attached hydrogens (tertiary/aromatic N) is 1. The molecule has 1 aliphatic rings. The third kappa shape index (κ3) is 8.84. The highest BCUT2D eigenvalue weighted by atomic mass is 16.7. The largest absolute Gasteiger partial charge is 0.388 e. The van der Waals surface area contributed by atoms with Gasteiger partial charge >= 0.3 is 0 Å². The molecule has 10 nitrogen and oxygen atoms in total. The van der Waals surface area contributed by atoms with Crippen molar-refractivity contribution in [1.29, 1.82) is 0 Å². The van der Waals surface area contributed by atoms with Gasteiger partial charge in [-0.1, -0.05) is 84.9 Å². The van der Waals surface area contributed by atoms with Crippen LogP contribution in [0.1, 0.15) is 11.1 Å². The summed E-state index contributed by atoms with van der Waals surface area (Å²) >= 11 is 0. The molecule has 1 saturated heterocycles. The van der Waals surface area contributed by atoms with Crippen LogP contribution in [0.15, 0.2) is 89.9 Å². The number of nitrogens with two attached hydrogens (primary N) is 2. The molecule has 6 N–H and O–H groups in total. The van der Waals surface area contributed by atoms with E-state index in [1.165, 1.54) is 7.11 Å². The molecule has 0 spiro atoms. The van der Waals surface area contributed by atoms with Crippen molar-refractivity contribution in [2.75, 3.05) is 26.9 Å². The summed E-state index contributed by atoms with van der Waals surface area (Å²) in [6, 6.07) is 27.3. The summed E-state index contributed by atoms with van der Waals surface area (Å²) in [5, 5.41) is 13.9. The molecule has 1 fully saturated rings. The van der Waals surface area contributed by atoms with Gasteiger partial charge in [0.1, 0.15) is 30.9 Å². The van der Waals surface area contributed by atoms with Gasteiger partial charge in [-0.05, 0) is 28.7 Å². The van der Waals surface area contributed by atoms with Gasteiger partial charge in [0.05, 0.1) is 19.8 Å². The topological polar surface area (TPSA) is 151 Å². The number of methoxy groups -OCH3 is 1. The van der Waals surface area contributed by atoms with Crippen LogP contribution in [0, 0.1) is 0 Å². The molecule has 4 rings (SSSR count). The summed E-state index contributed by atoms with van der Waals surface area (Å²) in [6.07, 6.45) is -2.95. The first-order chi connectivity index (χ1) is 19.9. The first-order valence-corrected chi connectivity index (χ1v) is 13.5. The summed E-state index contributed by atoms with van der Waals surface area (Å²) in [7, 11) is 1.46. The van der Waals surface area contributed by atoms with Gasteiger partial charge in [-0.2, -0.15) is 0 Å². The van der Waals surface area contributed by atoms with Crippen LogP contribution < -0.4 is 16.8 Å². The predicted molar refractivity (Wildman–Crippen MR) is 156 cm³/mol. The van der Waals surface area contributed by atoms with Crippen molar-refractivity contribution in [1.82, 2.24) is 5.32 Å². The van der Waals surface area contributed by atoms with Crippen LogP contribution in [-0.4, -0.2) is 74.5 Å². The third-order valence-electron chi connectivity index (χ3n) is 6.81. The number of aliphatic imine (C=N–C) groups is 1. The number of benzene rings is 3. The van der Waals surface area contributed by atoms with Crippen LogP contribution in [0.5, 0.6) is 0 Å². The van der Waals surface area contributed by atoms with Crippen LogP contribution in [0.2, 0.25) is 0 Å². The smallest absolute Gasteiger partial charge is 0.242 e. The Kier molecular flexibility index (Phi) is 11.2. The lowest BCUT2D eigenvalue weighted by molar-refractivity contribution is -0.276. The first-order valence-electron chi connectivity index (χ1n) is 13.5. The molecule has 10 heteroatoms. The molecule has 1 amide bonds. The summed E-state index contributed by atoms with van der Waals surface area (Å²) in [6.45, 7) is 0.465. The van der Waals surface area contributed by atoms with Gasteiger partial charge in [0, 0.05) is 7.11 Å². The minimum Gasteiger partial charge on any atom is -0.388 e. The van der Waals surface area contributed by atoms with Crippen LogP contribution in [0.3, 0.4) is 0 Å². The number of amides is 1. The number of guanidine groups is 1. The van der Waals surface area contributed by atoms with E-state index in [0.29, 0.717) is 19.6 Å². The number of rotatable bonds is 13. The van der Waals surface area contributed by atoms with E-state index >= 15 is 0 Å². The fourth-order valence-corrected chi connectivity index (χ4v) is 4.68. The lowest BCUT2D eigenvalue weighted by Gasteiger charge is -2.44. The van der Waals surface area contributed by atoms with E-state index in [1.54, 1.807) is 0 Å². The Hall–Kier alpha value is -3.80. The molecule has 0 bridgehead atoms. The number of aliphatic hydroxyl groups is 1. The summed E-state index contributed by atoms with van der Waals surface area (Å²) in [5.41, 5.74) is 15.1. The van der Waals surface area contributed by atoms with Gasteiger partial charge in [-0.15, -0.1) is 0 Å². The third-order valence-corrected chi connectivity index (χ3v) is 6.81. The molecule has 0 aromatic heterocycles. The molecule has 3 aromatic rings. The number of hydrogen-bond donors (Lipinski definition) is 4. The monoisotopic (exact) mass is 562 g/mol. The van der Waals surface area contributed by atoms with Crippen LogP contribution in [0.25, 0.3) is 11.1 Å². The van der Waals surface area contributed by atoms with E-state index in [4.69, 9.17) is 30.4 Å². The maximum absolute atomic E-state index is 12.5. The Morgan fingerprint density at radius 1 is 0.951 bits per heavy atom. The molecule has 1 heterocycles. The van der Waals surface area contributed by atoms with E-state index in [1.807, 2.05) is 72.8 Å². The van der Waals surface area contributed by atoms with Crippen molar-refractivity contribution >= 4 is 11.9 Å². The van der Waals surface area contributed by atoms with E-state index in [2.05, 4.69) is 22.4 Å². The van der Waals surface area contributed by atoms with Crippen molar-refractivity contribution < 1.29 is 28.8 Å². The minimum absolute atomic E-state index is 0.0919. The molecular weight excluding hydrogens is 524 g/mol. The van der Waals surface area contributed by atoms with Crippen molar-refractivity contribution in [2.24, 2.45) is 16.5 Å². The van der Waals surface area contributed by atoms with E-state index in [-0.39, 0.29) is 19.1 Å². The molecule has 1 aliphatic heterocycles. The number of carbonyl (C=O) groups excluding carboxylic acids is 1. The number of carbonyl (C=O) groups is 1. The van der Waals surface area contributed by atoms with Crippen molar-refractivity contribution in [3.8, 4) is 11.1 Å². The van der Waals surface area contributed by atoms with Crippen LogP contribution in [-0.2, 0) is 36.8 Å². The molecule has 0 aliphatic carbocycles. The Balaban J connectivity index is 1.39. The SMILES string of the molecule is CO[C@H]1[C@H](O)[C@@H](COCc2ccc(-c3ccccc3)cc2)OC(OCCc2ccccc2)[C@@H]1NC(=O)CN=C(N)N. The number of ether oxygens (including phenoxy) is 4. The zero-order valence-corrected chi connectivity index (χ0v) is 23.1. The molecular formula is C31H38N4O6. The van der Waals surface area contributed by atoms with Crippen LogP contribution in [0.4, 0.5) is 0 Å². The maximum Gasteiger partial charge on any atom is 0.242 e. The second-order valence-corrected chi connectivity index (χ2v) is 9.75. The van der Waals surface area contributed by atoms with Gasteiger partial charge in [0.25, 0.3) is 0 Å². The zero-order chi connectivity index (χ0) is 29.0. The number of nitrogens with one attached hydrogen (secondary N) is 1. The maximum atomic E-state index is 12.5. The number of aliphatic hydroxyl groups excluding tert-OH is 1. The van der Waals surface area contributed by atoms with Crippen molar-refractivity contribution in [2.45, 2.75) is 43.7 Å². The van der Waals surface area contributed by atoms with Gasteiger partial charge in [-0.3, -0.25) is 4.79 Å². The zero-order valence-electron chi connectivity index (χ0n) is 23.1. The second kappa shape index (κ2) is 15.3. The fourth-order valence-electron chi connectivity index (χ4n) is 4.68. The number of hydrogen-bond acceptors (Lipinski definition) is 7. The lowest BCUT2D eigenvalue weighted by atomic mass is 9.96. The quantitative estimate of drug-likeness (QED) is 0.182. The average molecular weight is 563 g/mol. The normalized spacial score (nSPS) is 22.1. The van der Waals surface area contributed by atoms with E-state index in [9.17, 15) is 9.90 Å². The standard InChI is InChI=1S/C31H38N4O6/c1-38-29-27(35-26(36)18-34-31(32)33)30(40-17-16-21-8-4-2-5-9-21)41-25(28(29)37)20-39-19-22-12-14-24(15-13-22)23-10-6-3-7-11-23/h2-15,25,27-30,37H,16-20H2,1H3,(H,35,36)(H4,32,33,34)/t25-,27-,28-,29-,30?/m1/s1. The Morgan fingerprint density at radius 3 is 2.27 bits per heavy atom. The van der Waals surface area contributed by atoms with E-state index < -0.39 is 36.6 Å². The summed E-state index contributed by atoms with van der Waals surface area (Å²) < 4.78 is 23.8. The Labute approximate surface area is 240 Å². The van der Waals surface area contributed by atoms with Gasteiger partial charge < -0.3 is 40.8 Å². The van der Waals surface area contributed by atoms with E-state index in [0.717, 1.165) is 22.3 Å². The molecule has 1 unspecified atom stereocenters. The second-order valence-electron chi connectivity index (χ2n) is 9.75. The highest BCUT2D eigenvalue weighted by molar-refractivity contribution is 5.83. The van der Waals surface area contributed by atoms with Crippen molar-refractivity contribution in [3.63, 3.8) is 0 Å². The lowest BCUT2D eigenvalue weighted by Crippen LogP contribution is -2.65. The highest BCUT2D eigenvalue weighted by Gasteiger charge is 2.47. The molecule has 3 aromatic carbocycles. The fraction of sp³-hybridized carbons (Fsp3) is 0.355. The van der Waals surface area contributed by atoms with Gasteiger partial charge in [-0.25, -0.2) is 4.99 Å². The minimum atomic E-state index is -1.09. The summed E-state index contributed by atoms with van der Waals surface area (Å²) in [5.74, 6) is -0.669. The molecule has 5 atom stereocenters. The summed E-state index contributed by atoms with van der Waals surface area (Å²) in [4.78, 5) is 16.3. The van der Waals surface area contributed by atoms with Crippen LogP contribution >= 0.6 is 0 Å². The predicted octanol–water partition coefficient (Wildman–Crippen LogP) is 1.99.